The van der Waals surface area contributed by atoms with E-state index < -0.39 is 5.97 Å². The van der Waals surface area contributed by atoms with Crippen LogP contribution in [0.3, 0.4) is 0 Å². The number of aromatic nitrogens is 2. The molecule has 1 saturated heterocycles. The van der Waals surface area contributed by atoms with Crippen molar-refractivity contribution in [1.29, 1.82) is 0 Å². The van der Waals surface area contributed by atoms with Crippen LogP contribution in [0.1, 0.15) is 12.8 Å². The number of carboxylic acid groups (broad SMARTS) is 1. The molecule has 0 aliphatic carbocycles. The van der Waals surface area contributed by atoms with Crippen LogP contribution in [-0.4, -0.2) is 34.1 Å². The van der Waals surface area contributed by atoms with E-state index in [4.69, 9.17) is 11.6 Å². The number of fused-ring (bicyclic) bond motifs is 1. The van der Waals surface area contributed by atoms with Gasteiger partial charge in [-0.3, -0.25) is 4.79 Å². The van der Waals surface area contributed by atoms with Gasteiger partial charge in [-0.25, -0.2) is 4.98 Å². The average Bonchev–Trinajstić information content (AvgIpc) is 3.05. The SMILES string of the molecule is O=C(O)C1CCCN(c2nc(Cl)nc3scc(-c4ccccc4)c23)C1. The van der Waals surface area contributed by atoms with Crippen molar-refractivity contribution < 1.29 is 9.90 Å². The van der Waals surface area contributed by atoms with Crippen molar-refractivity contribution in [3.8, 4) is 11.1 Å². The van der Waals surface area contributed by atoms with Gasteiger partial charge in [-0.05, 0) is 30.0 Å². The number of benzene rings is 1. The molecule has 0 spiro atoms. The minimum atomic E-state index is -0.755. The lowest BCUT2D eigenvalue weighted by Crippen LogP contribution is -2.39. The van der Waals surface area contributed by atoms with Crippen molar-refractivity contribution in [3.63, 3.8) is 0 Å². The summed E-state index contributed by atoms with van der Waals surface area (Å²) in [5, 5.41) is 12.6. The highest BCUT2D eigenvalue weighted by Gasteiger charge is 2.28. The van der Waals surface area contributed by atoms with Gasteiger partial charge in [0.2, 0.25) is 5.28 Å². The molecule has 1 atom stereocenters. The zero-order valence-corrected chi connectivity index (χ0v) is 14.9. The molecule has 0 amide bonds. The third kappa shape index (κ3) is 3.07. The lowest BCUT2D eigenvalue weighted by Gasteiger charge is -2.32. The van der Waals surface area contributed by atoms with Gasteiger partial charge in [0.25, 0.3) is 0 Å². The Morgan fingerprint density at radius 1 is 1.28 bits per heavy atom. The Labute approximate surface area is 153 Å². The Morgan fingerprint density at radius 2 is 2.08 bits per heavy atom. The lowest BCUT2D eigenvalue weighted by atomic mass is 9.97. The number of carboxylic acids is 1. The number of rotatable bonds is 3. The number of piperidine rings is 1. The molecule has 1 aliphatic heterocycles. The molecule has 0 radical (unpaired) electrons. The van der Waals surface area contributed by atoms with Crippen LogP contribution in [0, 0.1) is 5.92 Å². The summed E-state index contributed by atoms with van der Waals surface area (Å²) in [5.74, 6) is -0.396. The summed E-state index contributed by atoms with van der Waals surface area (Å²) in [6.07, 6.45) is 1.52. The van der Waals surface area contributed by atoms with Crippen LogP contribution >= 0.6 is 22.9 Å². The van der Waals surface area contributed by atoms with Gasteiger partial charge in [-0.2, -0.15) is 4.98 Å². The largest absolute Gasteiger partial charge is 0.481 e. The number of hydrogen-bond donors (Lipinski definition) is 1. The van der Waals surface area contributed by atoms with E-state index in [1.807, 2.05) is 23.1 Å². The molecule has 3 aromatic rings. The molecule has 3 heterocycles. The summed E-state index contributed by atoms with van der Waals surface area (Å²) in [6.45, 7) is 1.22. The number of nitrogens with zero attached hydrogens (tertiary/aromatic N) is 3. The first-order valence-electron chi connectivity index (χ1n) is 8.11. The van der Waals surface area contributed by atoms with Crippen LogP contribution in [0.5, 0.6) is 0 Å². The monoisotopic (exact) mass is 373 g/mol. The van der Waals surface area contributed by atoms with Gasteiger partial charge in [0.05, 0.1) is 11.3 Å². The van der Waals surface area contributed by atoms with E-state index in [-0.39, 0.29) is 11.2 Å². The van der Waals surface area contributed by atoms with Crippen molar-refractivity contribution in [1.82, 2.24) is 9.97 Å². The van der Waals surface area contributed by atoms with Crippen LogP contribution < -0.4 is 4.90 Å². The Hall–Kier alpha value is -2.18. The first-order valence-corrected chi connectivity index (χ1v) is 9.37. The van der Waals surface area contributed by atoms with E-state index in [1.165, 1.54) is 11.3 Å². The highest BCUT2D eigenvalue weighted by atomic mass is 35.5. The van der Waals surface area contributed by atoms with E-state index in [2.05, 4.69) is 27.5 Å². The molecule has 1 fully saturated rings. The van der Waals surface area contributed by atoms with Crippen molar-refractivity contribution in [3.05, 3.63) is 41.0 Å². The number of halogens is 1. The molecule has 1 aliphatic rings. The van der Waals surface area contributed by atoms with E-state index in [1.54, 1.807) is 0 Å². The van der Waals surface area contributed by atoms with Crippen molar-refractivity contribution in [2.45, 2.75) is 12.8 Å². The van der Waals surface area contributed by atoms with Crippen molar-refractivity contribution in [2.75, 3.05) is 18.0 Å². The standard InChI is InChI=1S/C18H16ClN3O2S/c19-18-20-15(22-8-4-7-12(9-22)17(23)24)14-13(10-25-16(14)21-18)11-5-2-1-3-6-11/h1-3,5-6,10,12H,4,7-9H2,(H,23,24). The third-order valence-electron chi connectivity index (χ3n) is 4.54. The van der Waals surface area contributed by atoms with Crippen molar-refractivity contribution in [2.24, 2.45) is 5.92 Å². The number of carbonyl (C=O) groups is 1. The second kappa shape index (κ2) is 6.61. The van der Waals surface area contributed by atoms with Gasteiger partial charge in [0.1, 0.15) is 10.6 Å². The molecule has 0 bridgehead atoms. The fourth-order valence-corrected chi connectivity index (χ4v) is 4.48. The molecule has 2 aromatic heterocycles. The van der Waals surface area contributed by atoms with E-state index in [9.17, 15) is 9.90 Å². The first kappa shape index (κ1) is 16.3. The zero-order chi connectivity index (χ0) is 17.4. The zero-order valence-electron chi connectivity index (χ0n) is 13.4. The molecule has 128 valence electrons. The third-order valence-corrected chi connectivity index (χ3v) is 5.58. The van der Waals surface area contributed by atoms with Crippen LogP contribution in [0.15, 0.2) is 35.7 Å². The highest BCUT2D eigenvalue weighted by molar-refractivity contribution is 7.17. The highest BCUT2D eigenvalue weighted by Crippen LogP contribution is 2.39. The number of anilines is 1. The maximum Gasteiger partial charge on any atom is 0.308 e. The minimum absolute atomic E-state index is 0.196. The molecular weight excluding hydrogens is 358 g/mol. The Morgan fingerprint density at radius 3 is 2.84 bits per heavy atom. The van der Waals surface area contributed by atoms with Gasteiger partial charge in [0.15, 0.2) is 0 Å². The summed E-state index contributed by atoms with van der Waals surface area (Å²) < 4.78 is 0. The summed E-state index contributed by atoms with van der Waals surface area (Å²) in [6, 6.07) is 10.1. The number of hydrogen-bond acceptors (Lipinski definition) is 5. The maximum atomic E-state index is 11.4. The Kier molecular flexibility index (Phi) is 4.31. The van der Waals surface area contributed by atoms with Crippen LogP contribution in [0.4, 0.5) is 5.82 Å². The summed E-state index contributed by atoms with van der Waals surface area (Å²) in [4.78, 5) is 23.1. The maximum absolute atomic E-state index is 11.4. The second-order valence-electron chi connectivity index (χ2n) is 6.14. The topological polar surface area (TPSA) is 66.3 Å². The molecule has 25 heavy (non-hydrogen) atoms. The molecule has 4 rings (SSSR count). The minimum Gasteiger partial charge on any atom is -0.481 e. The molecule has 1 aromatic carbocycles. The second-order valence-corrected chi connectivity index (χ2v) is 7.33. The van der Waals surface area contributed by atoms with Gasteiger partial charge in [-0.15, -0.1) is 11.3 Å². The molecule has 0 saturated carbocycles. The molecule has 7 heteroatoms. The average molecular weight is 374 g/mol. The number of aliphatic carboxylic acids is 1. The lowest BCUT2D eigenvalue weighted by molar-refractivity contribution is -0.141. The normalized spacial score (nSPS) is 17.8. The van der Waals surface area contributed by atoms with Gasteiger partial charge in [-0.1, -0.05) is 30.3 Å². The van der Waals surface area contributed by atoms with Gasteiger partial charge >= 0.3 is 5.97 Å². The molecule has 1 unspecified atom stereocenters. The van der Waals surface area contributed by atoms with Crippen LogP contribution in [0.25, 0.3) is 21.3 Å². The van der Waals surface area contributed by atoms with E-state index in [0.717, 1.165) is 40.1 Å². The fraction of sp³-hybridized carbons (Fsp3) is 0.278. The van der Waals surface area contributed by atoms with Gasteiger partial charge in [0, 0.05) is 24.0 Å². The number of thiophene rings is 1. The first-order chi connectivity index (χ1) is 12.1. The fourth-order valence-electron chi connectivity index (χ4n) is 3.33. The van der Waals surface area contributed by atoms with Gasteiger partial charge < -0.3 is 10.0 Å². The Bertz CT molecular complexity index is 929. The quantitative estimate of drug-likeness (QED) is 0.693. The van der Waals surface area contributed by atoms with Crippen LogP contribution in [0.2, 0.25) is 5.28 Å². The molecule has 1 N–H and O–H groups in total. The van der Waals surface area contributed by atoms with Crippen LogP contribution in [-0.2, 0) is 4.79 Å². The van der Waals surface area contributed by atoms with E-state index in [0.29, 0.717) is 13.0 Å². The molecule has 5 nitrogen and oxygen atoms in total. The predicted molar refractivity (Wildman–Crippen MR) is 100 cm³/mol. The Balaban J connectivity index is 1.85. The summed E-state index contributed by atoms with van der Waals surface area (Å²) in [5.41, 5.74) is 2.15. The predicted octanol–water partition coefficient (Wildman–Crippen LogP) is 4.31. The van der Waals surface area contributed by atoms with Crippen molar-refractivity contribution >= 4 is 44.9 Å². The summed E-state index contributed by atoms with van der Waals surface area (Å²) >= 11 is 7.67. The molecular formula is C18H16ClN3O2S. The van der Waals surface area contributed by atoms with E-state index >= 15 is 0 Å². The smallest absolute Gasteiger partial charge is 0.308 e. The summed E-state index contributed by atoms with van der Waals surface area (Å²) in [7, 11) is 0.